The van der Waals surface area contributed by atoms with Crippen LogP contribution in [-0.4, -0.2) is 25.2 Å². The molecule has 4 nitrogen and oxygen atoms in total. The fourth-order valence-electron chi connectivity index (χ4n) is 2.50. The summed E-state index contributed by atoms with van der Waals surface area (Å²) in [6, 6.07) is 0. The normalized spacial score (nSPS) is 34.4. The number of fused-ring (bicyclic) bond motifs is 1. The first kappa shape index (κ1) is 11.2. The summed E-state index contributed by atoms with van der Waals surface area (Å²) in [6.07, 6.45) is 3.95. The van der Waals surface area contributed by atoms with E-state index < -0.39 is 0 Å². The summed E-state index contributed by atoms with van der Waals surface area (Å²) in [7, 11) is 0. The average Bonchev–Trinajstić information content (AvgIpc) is 2.21. The van der Waals surface area contributed by atoms with E-state index in [1.54, 1.807) is 13.8 Å². The van der Waals surface area contributed by atoms with E-state index in [4.69, 9.17) is 9.47 Å². The Bertz CT molecular complexity index is 302. The fourth-order valence-corrected chi connectivity index (χ4v) is 2.50. The first-order valence-electron chi connectivity index (χ1n) is 5.72. The molecule has 0 saturated heterocycles. The van der Waals surface area contributed by atoms with Crippen LogP contribution in [0.2, 0.25) is 0 Å². The van der Waals surface area contributed by atoms with Gasteiger partial charge in [-0.25, -0.2) is 0 Å². The van der Waals surface area contributed by atoms with Gasteiger partial charge in [-0.05, 0) is 25.7 Å². The molecule has 4 atom stereocenters. The Hall–Kier alpha value is -1.32. The number of hydrogen-bond acceptors (Lipinski definition) is 4. The lowest BCUT2D eigenvalue weighted by atomic mass is 9.51. The molecule has 1 saturated carbocycles. The summed E-state index contributed by atoms with van der Waals surface area (Å²) in [5.74, 6) is -0.817. The number of hydrogen-bond donors (Lipinski definition) is 0. The minimum absolute atomic E-state index is 0.188. The predicted molar refractivity (Wildman–Crippen MR) is 56.4 cm³/mol. The first-order valence-corrected chi connectivity index (χ1v) is 5.72. The average molecular weight is 224 g/mol. The summed E-state index contributed by atoms with van der Waals surface area (Å²) in [5.41, 5.74) is 0. The first-order chi connectivity index (χ1) is 7.70. The second-order valence-electron chi connectivity index (χ2n) is 4.10. The second-order valence-corrected chi connectivity index (χ2v) is 4.10. The van der Waals surface area contributed by atoms with Crippen molar-refractivity contribution in [3.63, 3.8) is 0 Å². The van der Waals surface area contributed by atoms with Gasteiger partial charge in [0, 0.05) is 0 Å². The molecule has 4 heteroatoms. The highest BCUT2D eigenvalue weighted by molar-refractivity contribution is 5.86. The smallest absolute Gasteiger partial charge is 0.310 e. The molecular formula is C12H16O4. The van der Waals surface area contributed by atoms with Gasteiger partial charge in [0.05, 0.1) is 25.0 Å². The largest absolute Gasteiger partial charge is 0.466 e. The van der Waals surface area contributed by atoms with Gasteiger partial charge >= 0.3 is 11.9 Å². The predicted octanol–water partition coefficient (Wildman–Crippen LogP) is 1.16. The van der Waals surface area contributed by atoms with E-state index in [9.17, 15) is 9.59 Å². The third-order valence-corrected chi connectivity index (χ3v) is 3.33. The Morgan fingerprint density at radius 1 is 0.938 bits per heavy atom. The lowest BCUT2D eigenvalue weighted by molar-refractivity contribution is -0.177. The van der Waals surface area contributed by atoms with Crippen LogP contribution in [0.25, 0.3) is 0 Å². The van der Waals surface area contributed by atoms with Gasteiger partial charge in [0.1, 0.15) is 0 Å². The number of carbonyl (C=O) groups is 2. The molecule has 0 aliphatic heterocycles. The van der Waals surface area contributed by atoms with Gasteiger partial charge < -0.3 is 9.47 Å². The highest BCUT2D eigenvalue weighted by atomic mass is 16.5. The molecule has 16 heavy (non-hydrogen) atoms. The van der Waals surface area contributed by atoms with E-state index >= 15 is 0 Å². The summed E-state index contributed by atoms with van der Waals surface area (Å²) in [4.78, 5) is 23.3. The van der Waals surface area contributed by atoms with Crippen LogP contribution in [0.15, 0.2) is 12.2 Å². The van der Waals surface area contributed by atoms with E-state index in [-0.39, 0.29) is 35.6 Å². The summed E-state index contributed by atoms with van der Waals surface area (Å²) < 4.78 is 9.95. The van der Waals surface area contributed by atoms with Crippen molar-refractivity contribution < 1.29 is 19.1 Å². The Labute approximate surface area is 94.6 Å². The topological polar surface area (TPSA) is 52.6 Å². The number of esters is 2. The molecule has 0 N–H and O–H groups in total. The maximum Gasteiger partial charge on any atom is 0.310 e. The molecule has 2 aliphatic rings. The second kappa shape index (κ2) is 4.28. The molecule has 0 radical (unpaired) electrons. The minimum atomic E-state index is -0.325. The molecule has 2 rings (SSSR count). The molecule has 0 aromatic rings. The molecule has 0 bridgehead atoms. The van der Waals surface area contributed by atoms with Crippen LogP contribution >= 0.6 is 0 Å². The lowest BCUT2D eigenvalue weighted by Crippen LogP contribution is -2.57. The van der Waals surface area contributed by atoms with Crippen molar-refractivity contribution in [2.75, 3.05) is 13.2 Å². The monoisotopic (exact) mass is 224 g/mol. The lowest BCUT2D eigenvalue weighted by Gasteiger charge is -2.51. The van der Waals surface area contributed by atoms with E-state index in [2.05, 4.69) is 0 Å². The summed E-state index contributed by atoms with van der Waals surface area (Å²) >= 11 is 0. The van der Waals surface area contributed by atoms with Gasteiger partial charge in [-0.15, -0.1) is 0 Å². The van der Waals surface area contributed by atoms with E-state index in [0.717, 1.165) is 0 Å². The Morgan fingerprint density at radius 2 is 1.31 bits per heavy atom. The number of carbonyl (C=O) groups excluding carboxylic acids is 2. The Kier molecular flexibility index (Phi) is 2.99. The zero-order valence-corrected chi connectivity index (χ0v) is 9.51. The molecule has 2 unspecified atom stereocenters. The van der Waals surface area contributed by atoms with Crippen molar-refractivity contribution in [3.05, 3.63) is 12.2 Å². The highest BCUT2D eigenvalue weighted by Gasteiger charge is 2.59. The van der Waals surface area contributed by atoms with E-state index in [1.165, 1.54) is 0 Å². The maximum absolute atomic E-state index is 11.7. The zero-order chi connectivity index (χ0) is 11.7. The molecule has 0 spiro atoms. The van der Waals surface area contributed by atoms with Crippen molar-refractivity contribution >= 4 is 11.9 Å². The van der Waals surface area contributed by atoms with Crippen molar-refractivity contribution in [1.29, 1.82) is 0 Å². The van der Waals surface area contributed by atoms with Crippen LogP contribution in [0, 0.1) is 23.7 Å². The van der Waals surface area contributed by atoms with Crippen LogP contribution in [0.1, 0.15) is 13.8 Å². The number of allylic oxidation sites excluding steroid dienone is 2. The minimum Gasteiger partial charge on any atom is -0.466 e. The standard InChI is InChI=1S/C12H16O4/c1-3-15-11(13)9-7-5-6-8(7)10(9)12(14)16-4-2/h5-10H,3-4H2,1-2H3/t7-,8?,9+,10?/m0/s1. The third kappa shape index (κ3) is 1.52. The van der Waals surface area contributed by atoms with Crippen LogP contribution in [-0.2, 0) is 19.1 Å². The van der Waals surface area contributed by atoms with Crippen molar-refractivity contribution in [2.45, 2.75) is 13.8 Å². The number of ether oxygens (including phenoxy) is 2. The van der Waals surface area contributed by atoms with Crippen LogP contribution in [0.4, 0.5) is 0 Å². The van der Waals surface area contributed by atoms with Gasteiger partial charge in [-0.3, -0.25) is 9.59 Å². The van der Waals surface area contributed by atoms with E-state index in [1.807, 2.05) is 12.2 Å². The SMILES string of the molecule is CCOC(=O)C1C2C=C[C@@H]2[C@H]1C(=O)OCC. The molecular weight excluding hydrogens is 208 g/mol. The van der Waals surface area contributed by atoms with Gasteiger partial charge in [0.2, 0.25) is 0 Å². The van der Waals surface area contributed by atoms with Gasteiger partial charge in [0.25, 0.3) is 0 Å². The Morgan fingerprint density at radius 3 is 1.56 bits per heavy atom. The van der Waals surface area contributed by atoms with Crippen molar-refractivity contribution in [1.82, 2.24) is 0 Å². The highest BCUT2D eigenvalue weighted by Crippen LogP contribution is 2.54. The van der Waals surface area contributed by atoms with Crippen molar-refractivity contribution in [2.24, 2.45) is 23.7 Å². The molecule has 0 aromatic heterocycles. The molecule has 2 aliphatic carbocycles. The van der Waals surface area contributed by atoms with Gasteiger partial charge in [-0.2, -0.15) is 0 Å². The quantitative estimate of drug-likeness (QED) is 0.531. The summed E-state index contributed by atoms with van der Waals surface area (Å²) in [6.45, 7) is 4.24. The molecule has 0 heterocycles. The van der Waals surface area contributed by atoms with Crippen LogP contribution in [0.5, 0.6) is 0 Å². The molecule has 1 fully saturated rings. The maximum atomic E-state index is 11.7. The fraction of sp³-hybridized carbons (Fsp3) is 0.667. The molecule has 0 aromatic carbocycles. The van der Waals surface area contributed by atoms with Crippen LogP contribution < -0.4 is 0 Å². The van der Waals surface area contributed by atoms with Gasteiger partial charge in [0.15, 0.2) is 0 Å². The molecule has 0 amide bonds. The summed E-state index contributed by atoms with van der Waals surface area (Å²) in [5, 5.41) is 0. The van der Waals surface area contributed by atoms with E-state index in [0.29, 0.717) is 13.2 Å². The zero-order valence-electron chi connectivity index (χ0n) is 9.51. The van der Waals surface area contributed by atoms with Crippen molar-refractivity contribution in [3.8, 4) is 0 Å². The van der Waals surface area contributed by atoms with Gasteiger partial charge in [-0.1, -0.05) is 12.2 Å². The third-order valence-electron chi connectivity index (χ3n) is 3.33. The molecule has 88 valence electrons. The van der Waals surface area contributed by atoms with Crippen LogP contribution in [0.3, 0.4) is 0 Å². The number of rotatable bonds is 4. The Balaban J connectivity index is 2.03.